The molecule has 0 spiro atoms. The highest BCUT2D eigenvalue weighted by Crippen LogP contribution is 2.28. The first-order valence-electron chi connectivity index (χ1n) is 10.5. The number of aryl methyl sites for hydroxylation is 1. The van der Waals surface area contributed by atoms with Crippen LogP contribution in [0.2, 0.25) is 5.02 Å². The topological polar surface area (TPSA) is 49.6 Å². The molecule has 7 heteroatoms. The van der Waals surface area contributed by atoms with Crippen LogP contribution in [0.25, 0.3) is 11.3 Å². The van der Waals surface area contributed by atoms with Crippen LogP contribution in [-0.4, -0.2) is 46.9 Å². The van der Waals surface area contributed by atoms with Gasteiger partial charge in [-0.15, -0.1) is 0 Å². The number of oxazole rings is 1. The Labute approximate surface area is 186 Å². The van der Waals surface area contributed by atoms with Gasteiger partial charge >= 0.3 is 0 Å². The van der Waals surface area contributed by atoms with Crippen LogP contribution in [-0.2, 0) is 17.8 Å². The van der Waals surface area contributed by atoms with Gasteiger partial charge in [0.15, 0.2) is 11.7 Å². The molecule has 3 aromatic rings. The lowest BCUT2D eigenvalue weighted by Gasteiger charge is -2.22. The van der Waals surface area contributed by atoms with Gasteiger partial charge in [0, 0.05) is 51.1 Å². The van der Waals surface area contributed by atoms with E-state index in [4.69, 9.17) is 16.0 Å². The lowest BCUT2D eigenvalue weighted by atomic mass is 10.2. The molecule has 31 heavy (non-hydrogen) atoms. The quantitative estimate of drug-likeness (QED) is 0.551. The SMILES string of the molecule is O=C(CCc1ncc(-c2ccccc2Cl)o1)N1CCCN(Cc2ccc(F)cc2)CC1. The van der Waals surface area contributed by atoms with Gasteiger partial charge in [0.1, 0.15) is 5.82 Å². The molecule has 2 aromatic carbocycles. The van der Waals surface area contributed by atoms with Crippen molar-refractivity contribution in [1.82, 2.24) is 14.8 Å². The van der Waals surface area contributed by atoms with E-state index in [-0.39, 0.29) is 11.7 Å². The van der Waals surface area contributed by atoms with Crippen LogP contribution < -0.4 is 0 Å². The zero-order valence-electron chi connectivity index (χ0n) is 17.3. The van der Waals surface area contributed by atoms with Crippen molar-refractivity contribution >= 4 is 17.5 Å². The largest absolute Gasteiger partial charge is 0.441 e. The second kappa shape index (κ2) is 10.1. The second-order valence-corrected chi connectivity index (χ2v) is 8.14. The van der Waals surface area contributed by atoms with E-state index in [1.807, 2.05) is 35.2 Å². The molecule has 5 nitrogen and oxygen atoms in total. The Morgan fingerprint density at radius 3 is 2.68 bits per heavy atom. The molecule has 1 saturated heterocycles. The molecule has 1 aliphatic rings. The van der Waals surface area contributed by atoms with Crippen molar-refractivity contribution < 1.29 is 13.6 Å². The van der Waals surface area contributed by atoms with Gasteiger partial charge in [0.2, 0.25) is 5.91 Å². The first-order chi connectivity index (χ1) is 15.1. The smallest absolute Gasteiger partial charge is 0.223 e. The average Bonchev–Trinajstić information content (AvgIpc) is 3.12. The van der Waals surface area contributed by atoms with E-state index in [0.29, 0.717) is 36.1 Å². The monoisotopic (exact) mass is 441 g/mol. The standard InChI is InChI=1S/C24H25ClFN3O2/c25-21-5-2-1-4-20(21)22-16-27-23(31-22)10-11-24(30)29-13-3-12-28(14-15-29)17-18-6-8-19(26)9-7-18/h1-2,4-9,16H,3,10-15,17H2. The Hall–Kier alpha value is -2.70. The van der Waals surface area contributed by atoms with Gasteiger partial charge in [0.25, 0.3) is 0 Å². The average molecular weight is 442 g/mol. The molecule has 2 heterocycles. The van der Waals surface area contributed by atoms with Crippen molar-refractivity contribution in [2.75, 3.05) is 26.2 Å². The molecule has 162 valence electrons. The van der Waals surface area contributed by atoms with Gasteiger partial charge in [-0.2, -0.15) is 0 Å². The summed E-state index contributed by atoms with van der Waals surface area (Å²) in [6.45, 7) is 3.93. The van der Waals surface area contributed by atoms with Crippen molar-refractivity contribution in [2.45, 2.75) is 25.8 Å². The van der Waals surface area contributed by atoms with Crippen molar-refractivity contribution in [1.29, 1.82) is 0 Å². The number of aromatic nitrogens is 1. The summed E-state index contributed by atoms with van der Waals surface area (Å²) in [5.41, 5.74) is 1.88. The Morgan fingerprint density at radius 1 is 1.06 bits per heavy atom. The Bertz CT molecular complexity index is 1020. The fourth-order valence-corrected chi connectivity index (χ4v) is 4.04. The maximum absolute atomic E-state index is 13.1. The van der Waals surface area contributed by atoms with Crippen molar-refractivity contribution in [3.05, 3.63) is 77.0 Å². The summed E-state index contributed by atoms with van der Waals surface area (Å²) in [5.74, 6) is 1.04. The van der Waals surface area contributed by atoms with Crippen LogP contribution in [0.5, 0.6) is 0 Å². The van der Waals surface area contributed by atoms with E-state index in [0.717, 1.165) is 43.7 Å². The minimum atomic E-state index is -0.221. The fraction of sp³-hybridized carbons (Fsp3) is 0.333. The minimum Gasteiger partial charge on any atom is -0.441 e. The van der Waals surface area contributed by atoms with Crippen LogP contribution in [0.1, 0.15) is 24.3 Å². The predicted molar refractivity (Wildman–Crippen MR) is 118 cm³/mol. The highest BCUT2D eigenvalue weighted by atomic mass is 35.5. The summed E-state index contributed by atoms with van der Waals surface area (Å²) < 4.78 is 18.9. The number of nitrogens with zero attached hydrogens (tertiary/aromatic N) is 3. The van der Waals surface area contributed by atoms with Crippen LogP contribution in [0.4, 0.5) is 4.39 Å². The molecule has 0 radical (unpaired) electrons. The molecule has 1 fully saturated rings. The summed E-state index contributed by atoms with van der Waals surface area (Å²) in [4.78, 5) is 21.3. The van der Waals surface area contributed by atoms with Crippen LogP contribution in [0.3, 0.4) is 0 Å². The molecule has 0 atom stereocenters. The van der Waals surface area contributed by atoms with Crippen molar-refractivity contribution in [3.63, 3.8) is 0 Å². The number of amides is 1. The summed E-state index contributed by atoms with van der Waals surface area (Å²) >= 11 is 6.21. The maximum Gasteiger partial charge on any atom is 0.223 e. The summed E-state index contributed by atoms with van der Waals surface area (Å²) in [7, 11) is 0. The highest BCUT2D eigenvalue weighted by Gasteiger charge is 2.20. The number of hydrogen-bond acceptors (Lipinski definition) is 4. The van der Waals surface area contributed by atoms with E-state index in [9.17, 15) is 9.18 Å². The van der Waals surface area contributed by atoms with Gasteiger partial charge in [-0.05, 0) is 36.2 Å². The number of benzene rings is 2. The number of hydrogen-bond donors (Lipinski definition) is 0. The Balaban J connectivity index is 1.27. The van der Waals surface area contributed by atoms with E-state index in [1.165, 1.54) is 12.1 Å². The van der Waals surface area contributed by atoms with Crippen LogP contribution in [0, 0.1) is 5.82 Å². The molecule has 0 N–H and O–H groups in total. The highest BCUT2D eigenvalue weighted by molar-refractivity contribution is 6.33. The first-order valence-corrected chi connectivity index (χ1v) is 10.9. The fourth-order valence-electron chi connectivity index (χ4n) is 3.81. The Morgan fingerprint density at radius 2 is 1.87 bits per heavy atom. The molecule has 0 aliphatic carbocycles. The third-order valence-electron chi connectivity index (χ3n) is 5.51. The van der Waals surface area contributed by atoms with Crippen molar-refractivity contribution in [2.24, 2.45) is 0 Å². The number of carbonyl (C=O) groups is 1. The van der Waals surface area contributed by atoms with E-state index < -0.39 is 0 Å². The maximum atomic E-state index is 13.1. The molecule has 0 bridgehead atoms. The molecule has 4 rings (SSSR count). The first kappa shape index (κ1) is 21.5. The van der Waals surface area contributed by atoms with E-state index in [2.05, 4.69) is 9.88 Å². The summed E-state index contributed by atoms with van der Waals surface area (Å²) in [6, 6.07) is 14.1. The molecular weight excluding hydrogens is 417 g/mol. The normalized spacial score (nSPS) is 15.1. The Kier molecular flexibility index (Phi) is 6.99. The zero-order valence-corrected chi connectivity index (χ0v) is 18.0. The zero-order chi connectivity index (χ0) is 21.6. The minimum absolute atomic E-state index is 0.112. The molecule has 1 aliphatic heterocycles. The second-order valence-electron chi connectivity index (χ2n) is 7.74. The third-order valence-corrected chi connectivity index (χ3v) is 5.84. The van der Waals surface area contributed by atoms with Gasteiger partial charge in [-0.1, -0.05) is 35.9 Å². The van der Waals surface area contributed by atoms with Crippen LogP contribution >= 0.6 is 11.6 Å². The van der Waals surface area contributed by atoms with Crippen LogP contribution in [0.15, 0.2) is 59.1 Å². The number of carbonyl (C=O) groups excluding carboxylic acids is 1. The molecule has 0 saturated carbocycles. The van der Waals surface area contributed by atoms with E-state index in [1.54, 1.807) is 12.3 Å². The number of halogens is 2. The molecular formula is C24H25ClFN3O2. The number of rotatable bonds is 6. The summed E-state index contributed by atoms with van der Waals surface area (Å²) in [5, 5.41) is 0.607. The van der Waals surface area contributed by atoms with Gasteiger partial charge in [0.05, 0.1) is 11.2 Å². The third kappa shape index (κ3) is 5.71. The lowest BCUT2D eigenvalue weighted by Crippen LogP contribution is -2.35. The predicted octanol–water partition coefficient (Wildman–Crippen LogP) is 4.80. The lowest BCUT2D eigenvalue weighted by molar-refractivity contribution is -0.131. The molecule has 0 unspecified atom stereocenters. The van der Waals surface area contributed by atoms with Gasteiger partial charge in [-0.25, -0.2) is 9.37 Å². The van der Waals surface area contributed by atoms with Gasteiger partial charge < -0.3 is 9.32 Å². The van der Waals surface area contributed by atoms with Crippen molar-refractivity contribution in [3.8, 4) is 11.3 Å². The van der Waals surface area contributed by atoms with E-state index >= 15 is 0 Å². The summed E-state index contributed by atoms with van der Waals surface area (Å²) in [6.07, 6.45) is 3.39. The molecule has 1 aromatic heterocycles. The molecule has 1 amide bonds. The van der Waals surface area contributed by atoms with Gasteiger partial charge in [-0.3, -0.25) is 9.69 Å².